The molecular weight excluding hydrogens is 368 g/mol. The molecule has 0 saturated carbocycles. The van der Waals surface area contributed by atoms with Gasteiger partial charge in [0.2, 0.25) is 0 Å². The first kappa shape index (κ1) is 19.1. The average Bonchev–Trinajstić information content (AvgIpc) is 3.29. The third kappa shape index (κ3) is 4.60. The van der Waals surface area contributed by atoms with Gasteiger partial charge in [-0.2, -0.15) is 0 Å². The van der Waals surface area contributed by atoms with Gasteiger partial charge in [0.15, 0.2) is 29.8 Å². The van der Waals surface area contributed by atoms with Gasteiger partial charge < -0.3 is 24.5 Å². The van der Waals surface area contributed by atoms with E-state index in [4.69, 9.17) is 13.9 Å². The van der Waals surface area contributed by atoms with Crippen LogP contribution in [-0.4, -0.2) is 25.7 Å². The first-order valence-electron chi connectivity index (χ1n) is 9.81. The highest BCUT2D eigenvalue weighted by Gasteiger charge is 2.22. The Balaban J connectivity index is 1.38. The minimum Gasteiger partial charge on any atom is -0.486 e. The number of carbonyl (C=O) groups excluding carboxylic acids is 1. The van der Waals surface area contributed by atoms with Crippen LogP contribution in [0.1, 0.15) is 35.9 Å². The summed E-state index contributed by atoms with van der Waals surface area (Å²) in [5.41, 5.74) is 2.07. The maximum absolute atomic E-state index is 12.6. The molecule has 0 unspecified atom stereocenters. The molecule has 2 atom stereocenters. The van der Waals surface area contributed by atoms with E-state index in [1.54, 1.807) is 6.26 Å². The van der Waals surface area contributed by atoms with Gasteiger partial charge in [0.25, 0.3) is 5.91 Å². The molecule has 6 heteroatoms. The van der Waals surface area contributed by atoms with E-state index >= 15 is 0 Å². The molecule has 0 radical (unpaired) electrons. The summed E-state index contributed by atoms with van der Waals surface area (Å²) in [6.07, 6.45) is 1.66. The zero-order valence-electron chi connectivity index (χ0n) is 16.3. The Bertz CT molecular complexity index is 941. The van der Waals surface area contributed by atoms with Crippen LogP contribution in [0.25, 0.3) is 0 Å². The maximum Gasteiger partial charge on any atom is 0.275 e. The highest BCUT2D eigenvalue weighted by atomic mass is 16.6. The topological polar surface area (TPSA) is 77.3 Å². The van der Waals surface area contributed by atoms with Crippen LogP contribution in [0.15, 0.2) is 71.3 Å². The van der Waals surface area contributed by atoms with Crippen molar-refractivity contribution in [2.45, 2.75) is 19.0 Å². The van der Waals surface area contributed by atoms with Crippen LogP contribution in [-0.2, 0) is 4.79 Å². The molecule has 2 aromatic carbocycles. The van der Waals surface area contributed by atoms with Crippen LogP contribution < -0.4 is 20.1 Å². The molecule has 0 bridgehead atoms. The summed E-state index contributed by atoms with van der Waals surface area (Å²) in [4.78, 5) is 12.6. The van der Waals surface area contributed by atoms with E-state index in [0.717, 1.165) is 28.4 Å². The molecule has 1 amide bonds. The van der Waals surface area contributed by atoms with Crippen LogP contribution >= 0.6 is 0 Å². The molecule has 1 aliphatic rings. The van der Waals surface area contributed by atoms with Crippen molar-refractivity contribution in [2.75, 3.05) is 19.8 Å². The molecule has 6 nitrogen and oxygen atoms in total. The summed E-state index contributed by atoms with van der Waals surface area (Å²) in [7, 11) is 0. The standard InChI is InChI=1S/C23H24N2O4/c1-16(18-9-10-19-21(14-18)29-13-12-28-19)25-22(26)15-24-23(20-8-5-11-27-20)17-6-3-2-4-7-17/h2-11,14,16,23-24H,12-13,15H2,1H3,(H,25,26)/p+1/t16-,23-/m0/s1. The van der Waals surface area contributed by atoms with E-state index in [2.05, 4.69) is 5.32 Å². The number of rotatable bonds is 7. The summed E-state index contributed by atoms with van der Waals surface area (Å²) in [5.74, 6) is 2.25. The lowest BCUT2D eigenvalue weighted by atomic mass is 10.0. The van der Waals surface area contributed by atoms with Crippen LogP contribution in [0, 0.1) is 0 Å². The fraction of sp³-hybridized carbons (Fsp3) is 0.261. The Morgan fingerprint density at radius 3 is 2.55 bits per heavy atom. The van der Waals surface area contributed by atoms with Gasteiger partial charge in [-0.15, -0.1) is 0 Å². The molecule has 3 N–H and O–H groups in total. The van der Waals surface area contributed by atoms with E-state index in [0.29, 0.717) is 13.2 Å². The smallest absolute Gasteiger partial charge is 0.275 e. The third-order valence-corrected chi connectivity index (χ3v) is 4.99. The van der Waals surface area contributed by atoms with Gasteiger partial charge in [0.05, 0.1) is 12.3 Å². The lowest BCUT2D eigenvalue weighted by Crippen LogP contribution is -2.87. The Kier molecular flexibility index (Phi) is 5.81. The second-order valence-electron chi connectivity index (χ2n) is 7.04. The average molecular weight is 393 g/mol. The molecule has 3 aromatic rings. The van der Waals surface area contributed by atoms with Crippen molar-refractivity contribution in [3.8, 4) is 11.5 Å². The van der Waals surface area contributed by atoms with E-state index < -0.39 is 0 Å². The molecule has 0 spiro atoms. The Labute approximate surface area is 169 Å². The monoisotopic (exact) mass is 393 g/mol. The van der Waals surface area contributed by atoms with Crippen LogP contribution in [0.3, 0.4) is 0 Å². The third-order valence-electron chi connectivity index (χ3n) is 4.99. The number of quaternary nitrogens is 1. The zero-order chi connectivity index (χ0) is 20.1. The molecule has 150 valence electrons. The lowest BCUT2D eigenvalue weighted by molar-refractivity contribution is -0.678. The Morgan fingerprint density at radius 1 is 1.00 bits per heavy atom. The van der Waals surface area contributed by atoms with Crippen LogP contribution in [0.4, 0.5) is 0 Å². The van der Waals surface area contributed by atoms with Crippen molar-refractivity contribution in [1.29, 1.82) is 0 Å². The number of ether oxygens (including phenoxy) is 2. The summed E-state index contributed by atoms with van der Waals surface area (Å²) in [6, 6.07) is 19.4. The number of hydrogen-bond donors (Lipinski definition) is 2. The normalized spacial score (nSPS) is 14.8. The molecule has 1 aromatic heterocycles. The van der Waals surface area contributed by atoms with Crippen molar-refractivity contribution in [3.63, 3.8) is 0 Å². The first-order valence-corrected chi connectivity index (χ1v) is 9.81. The molecule has 0 saturated heterocycles. The van der Waals surface area contributed by atoms with E-state index in [9.17, 15) is 4.79 Å². The largest absolute Gasteiger partial charge is 0.486 e. The van der Waals surface area contributed by atoms with Crippen LogP contribution in [0.2, 0.25) is 0 Å². The molecule has 0 fully saturated rings. The number of carbonyl (C=O) groups is 1. The maximum atomic E-state index is 12.6. The summed E-state index contributed by atoms with van der Waals surface area (Å²) < 4.78 is 16.8. The van der Waals surface area contributed by atoms with Crippen molar-refractivity contribution in [3.05, 3.63) is 83.8 Å². The number of amides is 1. The van der Waals surface area contributed by atoms with Gasteiger partial charge in [-0.05, 0) is 36.8 Å². The number of furan rings is 1. The number of nitrogens with one attached hydrogen (secondary N) is 1. The van der Waals surface area contributed by atoms with Crippen molar-refractivity contribution in [2.24, 2.45) is 0 Å². The number of hydrogen-bond acceptors (Lipinski definition) is 4. The lowest BCUT2D eigenvalue weighted by Gasteiger charge is -2.21. The van der Waals surface area contributed by atoms with Crippen LogP contribution in [0.5, 0.6) is 11.5 Å². The minimum absolute atomic E-state index is 0.0418. The van der Waals surface area contributed by atoms with E-state index in [1.807, 2.05) is 72.9 Å². The number of fused-ring (bicyclic) bond motifs is 1. The molecule has 1 aliphatic heterocycles. The molecular formula is C23H25N2O4+. The second-order valence-corrected chi connectivity index (χ2v) is 7.04. The Hall–Kier alpha value is -3.25. The first-order chi connectivity index (χ1) is 14.2. The van der Waals surface area contributed by atoms with E-state index in [1.165, 1.54) is 0 Å². The van der Waals surface area contributed by atoms with E-state index in [-0.39, 0.29) is 24.5 Å². The van der Waals surface area contributed by atoms with Gasteiger partial charge >= 0.3 is 0 Å². The van der Waals surface area contributed by atoms with Gasteiger partial charge in [-0.3, -0.25) is 4.79 Å². The van der Waals surface area contributed by atoms with Gasteiger partial charge in [0, 0.05) is 5.56 Å². The van der Waals surface area contributed by atoms with Gasteiger partial charge in [-0.25, -0.2) is 0 Å². The second kappa shape index (κ2) is 8.84. The number of nitrogens with two attached hydrogens (primary N) is 1. The van der Waals surface area contributed by atoms with Crippen molar-refractivity contribution < 1.29 is 24.0 Å². The summed E-state index contributed by atoms with van der Waals surface area (Å²) >= 11 is 0. The molecule has 4 rings (SSSR count). The summed E-state index contributed by atoms with van der Waals surface area (Å²) in [5, 5.41) is 5.04. The predicted molar refractivity (Wildman–Crippen MR) is 108 cm³/mol. The number of benzene rings is 2. The minimum atomic E-state index is -0.134. The highest BCUT2D eigenvalue weighted by Crippen LogP contribution is 2.32. The zero-order valence-corrected chi connectivity index (χ0v) is 16.3. The fourth-order valence-electron chi connectivity index (χ4n) is 3.48. The van der Waals surface area contributed by atoms with Crippen molar-refractivity contribution >= 4 is 5.91 Å². The van der Waals surface area contributed by atoms with Gasteiger partial charge in [0.1, 0.15) is 13.2 Å². The SMILES string of the molecule is C[C@H](NC(=O)C[NH2+][C@@H](c1ccccc1)c1ccco1)c1ccc2c(c1)OCCO2. The molecule has 2 heterocycles. The van der Waals surface area contributed by atoms with Gasteiger partial charge in [-0.1, -0.05) is 36.4 Å². The molecule has 29 heavy (non-hydrogen) atoms. The molecule has 0 aliphatic carbocycles. The van der Waals surface area contributed by atoms with Crippen molar-refractivity contribution in [1.82, 2.24) is 5.32 Å². The fourth-order valence-corrected chi connectivity index (χ4v) is 3.48. The predicted octanol–water partition coefficient (Wildman–Crippen LogP) is 2.58. The summed E-state index contributed by atoms with van der Waals surface area (Å²) in [6.45, 7) is 3.35. The quantitative estimate of drug-likeness (QED) is 0.647. The Morgan fingerprint density at radius 2 is 1.79 bits per heavy atom. The highest BCUT2D eigenvalue weighted by molar-refractivity contribution is 5.77.